The van der Waals surface area contributed by atoms with E-state index in [4.69, 9.17) is 17.3 Å². The van der Waals surface area contributed by atoms with Crippen molar-refractivity contribution in [2.24, 2.45) is 0 Å². The lowest BCUT2D eigenvalue weighted by atomic mass is 10.3. The second-order valence-corrected chi connectivity index (χ2v) is 5.86. The van der Waals surface area contributed by atoms with Crippen LogP contribution in [0.25, 0.3) is 0 Å². The van der Waals surface area contributed by atoms with Crippen molar-refractivity contribution < 1.29 is 13.5 Å². The van der Waals surface area contributed by atoms with E-state index in [1.807, 2.05) is 0 Å². The highest BCUT2D eigenvalue weighted by Crippen LogP contribution is 2.10. The topological polar surface area (TPSA) is 78.4 Å². The van der Waals surface area contributed by atoms with Crippen molar-refractivity contribution >= 4 is 27.2 Å². The van der Waals surface area contributed by atoms with Crippen LogP contribution >= 0.6 is 12.2 Å². The van der Waals surface area contributed by atoms with Gasteiger partial charge in [-0.25, -0.2) is 8.42 Å². The molecule has 1 aliphatic heterocycles. The van der Waals surface area contributed by atoms with Crippen LogP contribution in [0.1, 0.15) is 6.42 Å². The molecule has 7 heteroatoms. The summed E-state index contributed by atoms with van der Waals surface area (Å²) in [6.07, 6.45) is 0.600. The van der Waals surface area contributed by atoms with E-state index in [0.717, 1.165) is 0 Å². The molecular weight excluding hydrogens is 224 g/mol. The lowest BCUT2D eigenvalue weighted by Crippen LogP contribution is -2.43. The summed E-state index contributed by atoms with van der Waals surface area (Å²) in [7, 11) is -2.86. The quantitative estimate of drug-likeness (QED) is 0.527. The molecule has 0 amide bonds. The summed E-state index contributed by atoms with van der Waals surface area (Å²) >= 11 is 4.90. The highest BCUT2D eigenvalue weighted by Gasteiger charge is 2.27. The highest BCUT2D eigenvalue weighted by atomic mass is 32.2. The number of hydrogen-bond donors (Lipinski definition) is 3. The van der Waals surface area contributed by atoms with Crippen LogP contribution < -0.4 is 10.6 Å². The molecule has 0 saturated carbocycles. The summed E-state index contributed by atoms with van der Waals surface area (Å²) in [6, 6.07) is -0.0845. The van der Waals surface area contributed by atoms with Gasteiger partial charge in [-0.05, 0) is 18.6 Å². The fraction of sp³-hybridized carbons (Fsp3) is 0.857. The third-order valence-electron chi connectivity index (χ3n) is 1.97. The average Bonchev–Trinajstić information content (AvgIpc) is 2.42. The Labute approximate surface area is 88.8 Å². The molecule has 82 valence electrons. The van der Waals surface area contributed by atoms with Crippen LogP contribution in [-0.4, -0.2) is 49.3 Å². The average molecular weight is 238 g/mol. The fourth-order valence-corrected chi connectivity index (χ4v) is 3.26. The first-order chi connectivity index (χ1) is 6.53. The normalized spacial score (nSPS) is 24.5. The second kappa shape index (κ2) is 4.90. The molecule has 1 aliphatic rings. The number of aliphatic hydroxyl groups is 1. The van der Waals surface area contributed by atoms with Crippen LogP contribution in [0, 0.1) is 0 Å². The third-order valence-corrected chi connectivity index (χ3v) is 4.00. The molecule has 0 aliphatic carbocycles. The first-order valence-electron chi connectivity index (χ1n) is 4.39. The zero-order chi connectivity index (χ0) is 10.6. The number of hydrogen-bond acceptors (Lipinski definition) is 4. The summed E-state index contributed by atoms with van der Waals surface area (Å²) in [6.45, 7) is 0.385. The minimum atomic E-state index is -2.86. The van der Waals surface area contributed by atoms with Gasteiger partial charge in [-0.2, -0.15) is 0 Å². The molecule has 1 fully saturated rings. The van der Waals surface area contributed by atoms with Crippen molar-refractivity contribution in [3.05, 3.63) is 0 Å². The maximum absolute atomic E-state index is 11.1. The summed E-state index contributed by atoms with van der Waals surface area (Å²) in [5.74, 6) is 0.376. The molecule has 1 rings (SSSR count). The largest absolute Gasteiger partial charge is 0.395 e. The maximum Gasteiger partial charge on any atom is 0.166 e. The zero-order valence-corrected chi connectivity index (χ0v) is 9.33. The summed E-state index contributed by atoms with van der Waals surface area (Å²) in [5.41, 5.74) is 0. The first-order valence-corrected chi connectivity index (χ1v) is 6.62. The fourth-order valence-electron chi connectivity index (χ4n) is 1.31. The van der Waals surface area contributed by atoms with Crippen molar-refractivity contribution in [1.82, 2.24) is 10.6 Å². The van der Waals surface area contributed by atoms with Gasteiger partial charge < -0.3 is 15.7 Å². The Morgan fingerprint density at radius 2 is 2.29 bits per heavy atom. The van der Waals surface area contributed by atoms with Gasteiger partial charge in [0.2, 0.25) is 0 Å². The smallest absolute Gasteiger partial charge is 0.166 e. The highest BCUT2D eigenvalue weighted by molar-refractivity contribution is 7.91. The van der Waals surface area contributed by atoms with Crippen molar-refractivity contribution in [2.75, 3.05) is 24.7 Å². The molecule has 0 aromatic heterocycles. The van der Waals surface area contributed by atoms with Crippen LogP contribution in [0.5, 0.6) is 0 Å². The van der Waals surface area contributed by atoms with Gasteiger partial charge in [0, 0.05) is 12.6 Å². The van der Waals surface area contributed by atoms with Crippen LogP contribution in [0.4, 0.5) is 0 Å². The molecule has 14 heavy (non-hydrogen) atoms. The molecule has 0 bridgehead atoms. The lowest BCUT2D eigenvalue weighted by molar-refractivity contribution is 0.300. The van der Waals surface area contributed by atoms with Crippen LogP contribution in [0.2, 0.25) is 0 Å². The van der Waals surface area contributed by atoms with Gasteiger partial charge >= 0.3 is 0 Å². The van der Waals surface area contributed by atoms with Gasteiger partial charge in [-0.1, -0.05) is 0 Å². The monoisotopic (exact) mass is 238 g/mol. The number of aliphatic hydroxyl groups excluding tert-OH is 1. The molecule has 0 radical (unpaired) electrons. The van der Waals surface area contributed by atoms with E-state index in [1.54, 1.807) is 0 Å². The lowest BCUT2D eigenvalue weighted by Gasteiger charge is -2.13. The predicted molar refractivity (Wildman–Crippen MR) is 57.9 cm³/mol. The molecule has 1 unspecified atom stereocenters. The second-order valence-electron chi connectivity index (χ2n) is 3.22. The minimum Gasteiger partial charge on any atom is -0.395 e. The number of rotatable bonds is 3. The van der Waals surface area contributed by atoms with E-state index < -0.39 is 9.84 Å². The Morgan fingerprint density at radius 3 is 2.79 bits per heavy atom. The van der Waals surface area contributed by atoms with E-state index in [2.05, 4.69) is 10.6 Å². The SMILES string of the molecule is O=S1(=O)CCC(NC(=S)NCCO)C1. The van der Waals surface area contributed by atoms with Gasteiger partial charge in [-0.3, -0.25) is 0 Å². The standard InChI is InChI=1S/C7H14N2O3S2/c10-3-2-8-7(13)9-6-1-4-14(11,12)5-6/h6,10H,1-5H2,(H2,8,9,13). The summed E-state index contributed by atoms with van der Waals surface area (Å²) < 4.78 is 22.2. The van der Waals surface area contributed by atoms with E-state index >= 15 is 0 Å². The Morgan fingerprint density at radius 1 is 1.57 bits per heavy atom. The van der Waals surface area contributed by atoms with Gasteiger partial charge in [0.25, 0.3) is 0 Å². The molecule has 3 N–H and O–H groups in total. The summed E-state index contributed by atoms with van der Waals surface area (Å²) in [5, 5.41) is 14.6. The third kappa shape index (κ3) is 3.77. The van der Waals surface area contributed by atoms with Gasteiger partial charge in [0.05, 0.1) is 18.1 Å². The molecule has 0 aromatic rings. The van der Waals surface area contributed by atoms with Crippen molar-refractivity contribution in [2.45, 2.75) is 12.5 Å². The van der Waals surface area contributed by atoms with Gasteiger partial charge in [-0.15, -0.1) is 0 Å². The van der Waals surface area contributed by atoms with Crippen molar-refractivity contribution in [1.29, 1.82) is 0 Å². The summed E-state index contributed by atoms with van der Waals surface area (Å²) in [4.78, 5) is 0. The predicted octanol–water partition coefficient (Wildman–Crippen LogP) is -1.37. The van der Waals surface area contributed by atoms with Crippen LogP contribution in [0.3, 0.4) is 0 Å². The Hall–Kier alpha value is -0.400. The molecule has 1 atom stereocenters. The number of nitrogens with one attached hydrogen (secondary N) is 2. The van der Waals surface area contributed by atoms with E-state index in [-0.39, 0.29) is 24.2 Å². The van der Waals surface area contributed by atoms with Crippen LogP contribution in [0.15, 0.2) is 0 Å². The van der Waals surface area contributed by atoms with E-state index in [0.29, 0.717) is 18.1 Å². The molecule has 1 heterocycles. The van der Waals surface area contributed by atoms with Crippen molar-refractivity contribution in [3.63, 3.8) is 0 Å². The first kappa shape index (κ1) is 11.7. The maximum atomic E-state index is 11.1. The molecule has 1 saturated heterocycles. The van der Waals surface area contributed by atoms with E-state index in [9.17, 15) is 8.42 Å². The zero-order valence-electron chi connectivity index (χ0n) is 7.69. The minimum absolute atomic E-state index is 0.00475. The van der Waals surface area contributed by atoms with Crippen molar-refractivity contribution in [3.8, 4) is 0 Å². The molecular formula is C7H14N2O3S2. The van der Waals surface area contributed by atoms with Crippen LogP contribution in [-0.2, 0) is 9.84 Å². The Kier molecular flexibility index (Phi) is 4.09. The van der Waals surface area contributed by atoms with E-state index in [1.165, 1.54) is 0 Å². The molecule has 0 aromatic carbocycles. The Balaban J connectivity index is 2.29. The molecule has 0 spiro atoms. The molecule has 5 nitrogen and oxygen atoms in total. The Bertz CT molecular complexity index is 302. The van der Waals surface area contributed by atoms with Gasteiger partial charge in [0.1, 0.15) is 0 Å². The number of sulfone groups is 1. The number of thiocarbonyl (C=S) groups is 1. The van der Waals surface area contributed by atoms with Gasteiger partial charge in [0.15, 0.2) is 14.9 Å².